The SMILES string of the molecule is CCC[C@@H](CC(=O)N(C)[C@@H](C)[C@@H](O)c1ccccc1)NC(=O)OCc1ccccc1. The van der Waals surface area contributed by atoms with Gasteiger partial charge in [0, 0.05) is 19.5 Å². The first kappa shape index (κ1) is 23.4. The molecular formula is C24H32N2O4. The molecule has 0 aromatic heterocycles. The summed E-state index contributed by atoms with van der Waals surface area (Å²) in [7, 11) is 1.68. The number of carbonyl (C=O) groups excluding carboxylic acids is 2. The van der Waals surface area contributed by atoms with E-state index in [9.17, 15) is 14.7 Å². The van der Waals surface area contributed by atoms with Gasteiger partial charge in [-0.1, -0.05) is 74.0 Å². The van der Waals surface area contributed by atoms with Crippen molar-refractivity contribution >= 4 is 12.0 Å². The summed E-state index contributed by atoms with van der Waals surface area (Å²) in [6.45, 7) is 3.99. The maximum atomic E-state index is 12.8. The molecule has 2 N–H and O–H groups in total. The number of benzene rings is 2. The Labute approximate surface area is 178 Å². The predicted molar refractivity (Wildman–Crippen MR) is 117 cm³/mol. The van der Waals surface area contributed by atoms with E-state index in [1.165, 1.54) is 4.90 Å². The molecule has 0 aliphatic rings. The van der Waals surface area contributed by atoms with Crippen molar-refractivity contribution < 1.29 is 19.4 Å². The van der Waals surface area contributed by atoms with Gasteiger partial charge in [0.1, 0.15) is 6.61 Å². The number of carbonyl (C=O) groups is 2. The van der Waals surface area contributed by atoms with Crippen LogP contribution in [0, 0.1) is 0 Å². The number of aliphatic hydroxyl groups excluding tert-OH is 1. The van der Waals surface area contributed by atoms with Crippen LogP contribution in [0.3, 0.4) is 0 Å². The van der Waals surface area contributed by atoms with Gasteiger partial charge in [0.05, 0.1) is 12.1 Å². The van der Waals surface area contributed by atoms with E-state index in [1.807, 2.05) is 74.5 Å². The highest BCUT2D eigenvalue weighted by Gasteiger charge is 2.26. The van der Waals surface area contributed by atoms with Crippen molar-refractivity contribution in [1.29, 1.82) is 0 Å². The van der Waals surface area contributed by atoms with Crippen LogP contribution < -0.4 is 5.32 Å². The first-order chi connectivity index (χ1) is 14.4. The Morgan fingerprint density at radius 2 is 1.67 bits per heavy atom. The Kier molecular flexibility index (Phi) is 9.35. The van der Waals surface area contributed by atoms with E-state index in [0.717, 1.165) is 17.5 Å². The number of ether oxygens (including phenoxy) is 1. The second-order valence-electron chi connectivity index (χ2n) is 7.50. The molecule has 0 aliphatic heterocycles. The highest BCUT2D eigenvalue weighted by molar-refractivity contribution is 5.78. The zero-order valence-corrected chi connectivity index (χ0v) is 18.0. The summed E-state index contributed by atoms with van der Waals surface area (Å²) in [6, 6.07) is 18.0. The number of likely N-dealkylation sites (N-methyl/N-ethyl adjacent to an activating group) is 1. The van der Waals surface area contributed by atoms with Crippen LogP contribution in [0.4, 0.5) is 4.79 Å². The van der Waals surface area contributed by atoms with Gasteiger partial charge in [-0.2, -0.15) is 0 Å². The molecule has 162 valence electrons. The second kappa shape index (κ2) is 12.0. The Morgan fingerprint density at radius 1 is 1.07 bits per heavy atom. The molecule has 0 aliphatic carbocycles. The number of amides is 2. The van der Waals surface area contributed by atoms with Crippen molar-refractivity contribution in [3.8, 4) is 0 Å². The molecule has 0 unspecified atom stereocenters. The molecule has 6 heteroatoms. The average molecular weight is 413 g/mol. The first-order valence-electron chi connectivity index (χ1n) is 10.4. The van der Waals surface area contributed by atoms with Crippen LogP contribution in [-0.4, -0.2) is 41.1 Å². The monoisotopic (exact) mass is 412 g/mol. The van der Waals surface area contributed by atoms with E-state index in [0.29, 0.717) is 6.42 Å². The largest absolute Gasteiger partial charge is 0.445 e. The Balaban J connectivity index is 1.89. The van der Waals surface area contributed by atoms with Crippen LogP contribution in [-0.2, 0) is 16.1 Å². The highest BCUT2D eigenvalue weighted by atomic mass is 16.5. The molecule has 30 heavy (non-hydrogen) atoms. The lowest BCUT2D eigenvalue weighted by Crippen LogP contribution is -2.44. The van der Waals surface area contributed by atoms with Crippen molar-refractivity contribution in [2.24, 2.45) is 0 Å². The number of rotatable bonds is 10. The molecule has 0 spiro atoms. The van der Waals surface area contributed by atoms with Gasteiger partial charge in [0.15, 0.2) is 0 Å². The fraction of sp³-hybridized carbons (Fsp3) is 0.417. The van der Waals surface area contributed by atoms with E-state index < -0.39 is 18.2 Å². The molecule has 0 bridgehead atoms. The number of hydrogen-bond donors (Lipinski definition) is 2. The summed E-state index contributed by atoms with van der Waals surface area (Å²) < 4.78 is 5.28. The fourth-order valence-electron chi connectivity index (χ4n) is 3.23. The summed E-state index contributed by atoms with van der Waals surface area (Å²) in [6.07, 6.45) is 0.313. The number of aliphatic hydroxyl groups is 1. The van der Waals surface area contributed by atoms with Gasteiger partial charge >= 0.3 is 6.09 Å². The molecule has 0 radical (unpaired) electrons. The summed E-state index contributed by atoms with van der Waals surface area (Å²) in [4.78, 5) is 26.5. The summed E-state index contributed by atoms with van der Waals surface area (Å²) >= 11 is 0. The van der Waals surface area contributed by atoms with Gasteiger partial charge in [-0.05, 0) is 24.5 Å². The van der Waals surface area contributed by atoms with Crippen molar-refractivity contribution in [2.75, 3.05) is 7.05 Å². The minimum Gasteiger partial charge on any atom is -0.445 e. The van der Waals surface area contributed by atoms with E-state index in [-0.39, 0.29) is 25.0 Å². The van der Waals surface area contributed by atoms with Gasteiger partial charge in [-0.25, -0.2) is 4.79 Å². The summed E-state index contributed by atoms with van der Waals surface area (Å²) in [5, 5.41) is 13.4. The van der Waals surface area contributed by atoms with Gasteiger partial charge < -0.3 is 20.1 Å². The van der Waals surface area contributed by atoms with E-state index in [2.05, 4.69) is 5.32 Å². The highest BCUT2D eigenvalue weighted by Crippen LogP contribution is 2.20. The van der Waals surface area contributed by atoms with Crippen molar-refractivity contribution in [1.82, 2.24) is 10.2 Å². The number of nitrogens with zero attached hydrogens (tertiary/aromatic N) is 1. The lowest BCUT2D eigenvalue weighted by atomic mass is 10.0. The summed E-state index contributed by atoms with van der Waals surface area (Å²) in [5.74, 6) is -0.140. The molecule has 0 fully saturated rings. The molecule has 2 aromatic carbocycles. The quantitative estimate of drug-likeness (QED) is 0.617. The maximum absolute atomic E-state index is 12.8. The van der Waals surface area contributed by atoms with Crippen LogP contribution in [0.5, 0.6) is 0 Å². The average Bonchev–Trinajstić information content (AvgIpc) is 2.77. The third-order valence-corrected chi connectivity index (χ3v) is 5.20. The van der Waals surface area contributed by atoms with Crippen LogP contribution in [0.1, 0.15) is 50.3 Å². The molecule has 3 atom stereocenters. The molecule has 2 amide bonds. The second-order valence-corrected chi connectivity index (χ2v) is 7.50. The standard InChI is InChI=1S/C24H32N2O4/c1-4-11-21(25-24(29)30-17-19-12-7-5-8-13-19)16-22(27)26(3)18(2)23(28)20-14-9-6-10-15-20/h5-10,12-15,18,21,23,28H,4,11,16-17H2,1-3H3,(H,25,29)/t18-,21-,23+/m0/s1. The molecule has 0 heterocycles. The van der Waals surface area contributed by atoms with E-state index in [1.54, 1.807) is 7.05 Å². The normalized spacial score (nSPS) is 13.7. The van der Waals surface area contributed by atoms with Crippen LogP contribution in [0.15, 0.2) is 60.7 Å². The van der Waals surface area contributed by atoms with Gasteiger partial charge in [-0.3, -0.25) is 4.79 Å². The topological polar surface area (TPSA) is 78.9 Å². The fourth-order valence-corrected chi connectivity index (χ4v) is 3.23. The lowest BCUT2D eigenvalue weighted by Gasteiger charge is -2.30. The molecule has 2 rings (SSSR count). The number of alkyl carbamates (subject to hydrolysis) is 1. The molecule has 0 saturated carbocycles. The van der Waals surface area contributed by atoms with Crippen molar-refractivity contribution in [3.63, 3.8) is 0 Å². The van der Waals surface area contributed by atoms with Crippen LogP contribution in [0.25, 0.3) is 0 Å². The van der Waals surface area contributed by atoms with Crippen LogP contribution in [0.2, 0.25) is 0 Å². The maximum Gasteiger partial charge on any atom is 0.407 e. The number of hydrogen-bond acceptors (Lipinski definition) is 4. The van der Waals surface area contributed by atoms with Gasteiger partial charge in [0.2, 0.25) is 5.91 Å². The zero-order valence-electron chi connectivity index (χ0n) is 18.0. The summed E-state index contributed by atoms with van der Waals surface area (Å²) in [5.41, 5.74) is 1.66. The Hall–Kier alpha value is -2.86. The predicted octanol–water partition coefficient (Wildman–Crippen LogP) is 4.05. The number of nitrogens with one attached hydrogen (secondary N) is 1. The molecule has 0 saturated heterocycles. The van der Waals surface area contributed by atoms with E-state index in [4.69, 9.17) is 4.74 Å². The Bertz CT molecular complexity index is 782. The molecular weight excluding hydrogens is 380 g/mol. The van der Waals surface area contributed by atoms with Crippen molar-refractivity contribution in [3.05, 3.63) is 71.8 Å². The third-order valence-electron chi connectivity index (χ3n) is 5.20. The zero-order chi connectivity index (χ0) is 21.9. The molecule has 6 nitrogen and oxygen atoms in total. The van der Waals surface area contributed by atoms with Gasteiger partial charge in [-0.15, -0.1) is 0 Å². The first-order valence-corrected chi connectivity index (χ1v) is 10.4. The van der Waals surface area contributed by atoms with Gasteiger partial charge in [0.25, 0.3) is 0 Å². The third kappa shape index (κ3) is 7.19. The lowest BCUT2D eigenvalue weighted by molar-refractivity contribution is -0.134. The Morgan fingerprint density at radius 3 is 2.27 bits per heavy atom. The van der Waals surface area contributed by atoms with Crippen LogP contribution >= 0.6 is 0 Å². The molecule has 2 aromatic rings. The smallest absolute Gasteiger partial charge is 0.407 e. The minimum absolute atomic E-state index is 0.140. The van der Waals surface area contributed by atoms with Crippen molar-refractivity contribution in [2.45, 2.75) is 57.9 Å². The van der Waals surface area contributed by atoms with E-state index >= 15 is 0 Å². The minimum atomic E-state index is -0.784.